The third-order valence-corrected chi connectivity index (χ3v) is 5.51. The van der Waals surface area contributed by atoms with Crippen molar-refractivity contribution in [3.8, 4) is 5.75 Å². The van der Waals surface area contributed by atoms with Gasteiger partial charge in [0.15, 0.2) is 5.17 Å². The van der Waals surface area contributed by atoms with Gasteiger partial charge < -0.3 is 15.6 Å². The maximum atomic E-state index is 14.4. The van der Waals surface area contributed by atoms with Crippen LogP contribution in [0.5, 0.6) is 5.75 Å². The fraction of sp³-hybridized carbons (Fsp3) is 0.500. The van der Waals surface area contributed by atoms with Crippen LogP contribution in [0, 0.1) is 11.2 Å². The SMILES string of the molecule is C[C@@]12CCOC[C@]1(c1ccc(O)cc1F)N=C(N)SC2. The second-order valence-corrected chi connectivity index (χ2v) is 6.62. The van der Waals surface area contributed by atoms with Crippen molar-refractivity contribution in [2.24, 2.45) is 16.1 Å². The summed E-state index contributed by atoms with van der Waals surface area (Å²) in [7, 11) is 0. The molecule has 0 bridgehead atoms. The molecule has 4 nitrogen and oxygen atoms in total. The van der Waals surface area contributed by atoms with E-state index in [0.717, 1.165) is 18.2 Å². The Balaban J connectivity index is 2.20. The molecule has 0 spiro atoms. The minimum absolute atomic E-state index is 0.0942. The van der Waals surface area contributed by atoms with Crippen molar-refractivity contribution in [3.63, 3.8) is 0 Å². The molecule has 0 saturated carbocycles. The number of hydrogen-bond acceptors (Lipinski definition) is 5. The number of ether oxygens (including phenoxy) is 1. The van der Waals surface area contributed by atoms with Crippen LogP contribution in [0.1, 0.15) is 18.9 Å². The van der Waals surface area contributed by atoms with Crippen molar-refractivity contribution in [1.82, 2.24) is 0 Å². The largest absolute Gasteiger partial charge is 0.508 e. The van der Waals surface area contributed by atoms with Gasteiger partial charge in [-0.3, -0.25) is 0 Å². The van der Waals surface area contributed by atoms with Gasteiger partial charge in [0.05, 0.1) is 6.61 Å². The molecule has 2 aliphatic rings. The zero-order valence-corrected chi connectivity index (χ0v) is 12.0. The lowest BCUT2D eigenvalue weighted by Crippen LogP contribution is -2.55. The van der Waals surface area contributed by atoms with E-state index >= 15 is 0 Å². The number of aliphatic imine (C=N–C) groups is 1. The van der Waals surface area contributed by atoms with E-state index in [-0.39, 0.29) is 11.2 Å². The molecule has 2 atom stereocenters. The number of thioether (sulfide) groups is 1. The van der Waals surface area contributed by atoms with E-state index in [9.17, 15) is 9.50 Å². The number of phenols is 1. The number of benzene rings is 1. The predicted molar refractivity (Wildman–Crippen MR) is 77.4 cm³/mol. The highest BCUT2D eigenvalue weighted by Crippen LogP contribution is 2.53. The highest BCUT2D eigenvalue weighted by Gasteiger charge is 2.55. The molecule has 6 heteroatoms. The Morgan fingerprint density at radius 3 is 3.05 bits per heavy atom. The summed E-state index contributed by atoms with van der Waals surface area (Å²) in [5, 5.41) is 9.87. The van der Waals surface area contributed by atoms with Crippen molar-refractivity contribution in [2.75, 3.05) is 19.0 Å². The number of fused-ring (bicyclic) bond motifs is 1. The average Bonchev–Trinajstić information content (AvgIpc) is 2.39. The maximum absolute atomic E-state index is 14.4. The summed E-state index contributed by atoms with van der Waals surface area (Å²) in [4.78, 5) is 4.58. The quantitative estimate of drug-likeness (QED) is 0.834. The fourth-order valence-corrected chi connectivity index (χ4v) is 4.08. The van der Waals surface area contributed by atoms with Crippen molar-refractivity contribution in [1.29, 1.82) is 0 Å². The monoisotopic (exact) mass is 296 g/mol. The standard InChI is InChI=1S/C14H17FN2O2S/c1-13-4-5-19-7-14(13,17-12(16)20-8-13)10-3-2-9(18)6-11(10)15/h2-3,6,18H,4-5,7-8H2,1H3,(H2,16,17)/t13-,14+/m0/s1. The lowest BCUT2D eigenvalue weighted by molar-refractivity contribution is -0.0439. The van der Waals surface area contributed by atoms with Crippen LogP contribution in [0.3, 0.4) is 0 Å². The minimum Gasteiger partial charge on any atom is -0.508 e. The first-order valence-corrected chi connectivity index (χ1v) is 7.50. The number of halogens is 1. The third-order valence-electron chi connectivity index (χ3n) is 4.35. The summed E-state index contributed by atoms with van der Waals surface area (Å²) in [5.74, 6) is 0.222. The molecular formula is C14H17FN2O2S. The molecule has 1 saturated heterocycles. The molecule has 3 N–H and O–H groups in total. The maximum Gasteiger partial charge on any atom is 0.154 e. The molecule has 0 unspecified atom stereocenters. The molecule has 1 fully saturated rings. The van der Waals surface area contributed by atoms with E-state index in [1.54, 1.807) is 6.07 Å². The molecule has 0 radical (unpaired) electrons. The van der Waals surface area contributed by atoms with Gasteiger partial charge in [-0.05, 0) is 18.6 Å². The first-order chi connectivity index (χ1) is 9.47. The number of amidine groups is 1. The summed E-state index contributed by atoms with van der Waals surface area (Å²) in [6.45, 7) is 3.06. The van der Waals surface area contributed by atoms with E-state index in [2.05, 4.69) is 11.9 Å². The molecule has 1 aromatic rings. The van der Waals surface area contributed by atoms with E-state index < -0.39 is 11.4 Å². The molecule has 3 rings (SSSR count). The minimum atomic E-state index is -0.807. The van der Waals surface area contributed by atoms with Crippen LogP contribution in [0.15, 0.2) is 23.2 Å². The number of aromatic hydroxyl groups is 1. The molecule has 2 heterocycles. The van der Waals surface area contributed by atoms with Crippen LogP contribution in [-0.2, 0) is 10.3 Å². The van der Waals surface area contributed by atoms with Crippen LogP contribution in [0.25, 0.3) is 0 Å². The van der Waals surface area contributed by atoms with E-state index in [4.69, 9.17) is 10.5 Å². The molecule has 0 aromatic heterocycles. The molecule has 2 aliphatic heterocycles. The number of phenolic OH excluding ortho intramolecular Hbond substituents is 1. The number of hydrogen-bond donors (Lipinski definition) is 2. The summed E-state index contributed by atoms with van der Waals surface area (Å²) in [6, 6.07) is 4.19. The van der Waals surface area contributed by atoms with Gasteiger partial charge in [0.1, 0.15) is 17.1 Å². The first-order valence-electron chi connectivity index (χ1n) is 6.52. The number of nitrogens with two attached hydrogens (primary N) is 1. The van der Waals surface area contributed by atoms with E-state index in [0.29, 0.717) is 23.9 Å². The Bertz CT molecular complexity index is 580. The van der Waals surface area contributed by atoms with Crippen LogP contribution >= 0.6 is 11.8 Å². The molecule has 1 aromatic carbocycles. The van der Waals surface area contributed by atoms with Crippen LogP contribution in [-0.4, -0.2) is 29.2 Å². The van der Waals surface area contributed by atoms with Gasteiger partial charge in [0.25, 0.3) is 0 Å². The summed E-state index contributed by atoms with van der Waals surface area (Å²) in [5.41, 5.74) is 5.31. The Kier molecular flexibility index (Phi) is 3.17. The molecule has 0 aliphatic carbocycles. The lowest BCUT2D eigenvalue weighted by Gasteiger charge is -2.51. The zero-order valence-electron chi connectivity index (χ0n) is 11.2. The second-order valence-electron chi connectivity index (χ2n) is 5.63. The van der Waals surface area contributed by atoms with Crippen molar-refractivity contribution in [3.05, 3.63) is 29.6 Å². The number of nitrogens with zero attached hydrogens (tertiary/aromatic N) is 1. The van der Waals surface area contributed by atoms with E-state index in [1.165, 1.54) is 17.8 Å². The van der Waals surface area contributed by atoms with Crippen molar-refractivity contribution in [2.45, 2.75) is 18.9 Å². The van der Waals surface area contributed by atoms with Gasteiger partial charge in [-0.15, -0.1) is 0 Å². The van der Waals surface area contributed by atoms with Crippen LogP contribution in [0.4, 0.5) is 4.39 Å². The lowest BCUT2D eigenvalue weighted by atomic mass is 9.65. The normalized spacial score (nSPS) is 33.4. The summed E-state index contributed by atoms with van der Waals surface area (Å²) < 4.78 is 20.0. The molecule has 0 amide bonds. The Labute approximate surface area is 121 Å². The summed E-state index contributed by atoms with van der Waals surface area (Å²) in [6.07, 6.45) is 0.803. The van der Waals surface area contributed by atoms with Gasteiger partial charge in [0, 0.05) is 29.4 Å². The predicted octanol–water partition coefficient (Wildman–Crippen LogP) is 2.21. The Hall–Kier alpha value is -1.27. The topological polar surface area (TPSA) is 67.8 Å². The van der Waals surface area contributed by atoms with Gasteiger partial charge in [-0.1, -0.05) is 18.7 Å². The van der Waals surface area contributed by atoms with Gasteiger partial charge >= 0.3 is 0 Å². The van der Waals surface area contributed by atoms with E-state index in [1.807, 2.05) is 0 Å². The van der Waals surface area contributed by atoms with Gasteiger partial charge in [-0.25, -0.2) is 9.38 Å². The zero-order chi connectivity index (χ0) is 14.4. The Morgan fingerprint density at radius 1 is 1.50 bits per heavy atom. The van der Waals surface area contributed by atoms with Crippen LogP contribution < -0.4 is 5.73 Å². The smallest absolute Gasteiger partial charge is 0.154 e. The Morgan fingerprint density at radius 2 is 2.30 bits per heavy atom. The highest BCUT2D eigenvalue weighted by molar-refractivity contribution is 8.13. The fourth-order valence-electron chi connectivity index (χ4n) is 3.01. The third kappa shape index (κ3) is 1.90. The number of rotatable bonds is 1. The second kappa shape index (κ2) is 4.63. The van der Waals surface area contributed by atoms with Crippen molar-refractivity contribution >= 4 is 16.9 Å². The van der Waals surface area contributed by atoms with Gasteiger partial charge in [-0.2, -0.15) is 0 Å². The van der Waals surface area contributed by atoms with Crippen molar-refractivity contribution < 1.29 is 14.2 Å². The van der Waals surface area contributed by atoms with Gasteiger partial charge in [0.2, 0.25) is 0 Å². The summed E-state index contributed by atoms with van der Waals surface area (Å²) >= 11 is 1.51. The highest BCUT2D eigenvalue weighted by atomic mass is 32.2. The average molecular weight is 296 g/mol. The molecule has 20 heavy (non-hydrogen) atoms. The van der Waals surface area contributed by atoms with Crippen LogP contribution in [0.2, 0.25) is 0 Å². The molecular weight excluding hydrogens is 279 g/mol. The molecule has 108 valence electrons. The first kappa shape index (κ1) is 13.7.